The van der Waals surface area contributed by atoms with E-state index >= 15 is 0 Å². The fourth-order valence-electron chi connectivity index (χ4n) is 0.690. The van der Waals surface area contributed by atoms with Gasteiger partial charge in [0, 0.05) is 0 Å². The molecule has 0 bridgehead atoms. The Kier molecular flexibility index (Phi) is 9.66. The molecule has 0 radical (unpaired) electrons. The Morgan fingerprint density at radius 3 is 1.15 bits per heavy atom. The fraction of sp³-hybridized carbons (Fsp3) is 0.667. The highest BCUT2D eigenvalue weighted by molar-refractivity contribution is 6.68. The lowest BCUT2D eigenvalue weighted by Crippen LogP contribution is -2.58. The van der Waals surface area contributed by atoms with Crippen LogP contribution >= 0.6 is 69.6 Å². The van der Waals surface area contributed by atoms with Crippen LogP contribution in [-0.4, -0.2) is 47.2 Å². The Morgan fingerprint density at radius 2 is 1.05 bits per heavy atom. The second-order valence-corrected chi connectivity index (χ2v) is 7.72. The first-order valence-electron chi connectivity index (χ1n) is 4.24. The van der Waals surface area contributed by atoms with E-state index in [1.54, 1.807) is 0 Å². The number of alkyl halides is 6. The molecule has 8 nitrogen and oxygen atoms in total. The molecule has 0 aromatic carbocycles. The number of carbonyl (C=O) groups is 2. The van der Waals surface area contributed by atoms with Crippen molar-refractivity contribution in [1.29, 1.82) is 0 Å². The van der Waals surface area contributed by atoms with Crippen molar-refractivity contribution in [2.45, 2.75) is 20.0 Å². The van der Waals surface area contributed by atoms with Crippen molar-refractivity contribution in [3.63, 3.8) is 0 Å². The minimum atomic E-state index is -2.33. The molecular weight excluding hydrogens is 405 g/mol. The van der Waals surface area contributed by atoms with Gasteiger partial charge in [-0.1, -0.05) is 69.6 Å². The van der Waals surface area contributed by atoms with Crippen molar-refractivity contribution in [1.82, 2.24) is 4.90 Å². The number of hydrogen-bond acceptors (Lipinski definition) is 4. The third kappa shape index (κ3) is 9.19. The monoisotopic (exact) mass is 412 g/mol. The van der Waals surface area contributed by atoms with E-state index in [1.165, 1.54) is 0 Å². The topological polar surface area (TPSA) is 156 Å². The van der Waals surface area contributed by atoms with Crippen LogP contribution in [-0.2, 0) is 0 Å². The van der Waals surface area contributed by atoms with Crippen molar-refractivity contribution in [2.24, 2.45) is 17.2 Å². The van der Waals surface area contributed by atoms with Gasteiger partial charge in [-0.25, -0.2) is 9.59 Å². The van der Waals surface area contributed by atoms with Crippen molar-refractivity contribution in [3.05, 3.63) is 0 Å². The molecule has 0 fully saturated rings. The molecule has 2 atom stereocenters. The number of carbonyl (C=O) groups excluding carboxylic acids is 2. The van der Waals surface area contributed by atoms with Gasteiger partial charge in [-0.3, -0.25) is 4.90 Å². The highest BCUT2D eigenvalue weighted by atomic mass is 35.6. The second kappa shape index (κ2) is 8.60. The summed E-state index contributed by atoms with van der Waals surface area (Å²) < 4.78 is -4.65. The van der Waals surface area contributed by atoms with Gasteiger partial charge in [-0.15, -0.1) is 0 Å². The number of amides is 4. The van der Waals surface area contributed by atoms with Gasteiger partial charge in [0.2, 0.25) is 7.59 Å². The van der Waals surface area contributed by atoms with Crippen LogP contribution in [0.3, 0.4) is 0 Å². The maximum absolute atomic E-state index is 11.0. The molecule has 0 aliphatic carbocycles. The number of aliphatic hydroxyl groups is 2. The van der Waals surface area contributed by atoms with E-state index < -0.39 is 32.1 Å². The smallest absolute Gasteiger partial charge is 0.319 e. The standard InChI is InChI=1S/C5H6Cl6N2O3.CH4N2O/c6-4(7,8)1(14)13(3(12)16)2(15)5(9,10)11;2-1(3)4/h1-2,14-15H,(H2,12,16);(H4,2,3,4). The van der Waals surface area contributed by atoms with Crippen LogP contribution in [0.15, 0.2) is 0 Å². The molecule has 0 aliphatic heterocycles. The van der Waals surface area contributed by atoms with Gasteiger partial charge in [0.15, 0.2) is 12.5 Å². The molecule has 20 heavy (non-hydrogen) atoms. The lowest BCUT2D eigenvalue weighted by Gasteiger charge is -2.36. The van der Waals surface area contributed by atoms with Crippen LogP contribution in [0.4, 0.5) is 9.59 Å². The highest BCUT2D eigenvalue weighted by Crippen LogP contribution is 2.37. The summed E-state index contributed by atoms with van der Waals surface area (Å²) in [5.74, 6) is 0. The van der Waals surface area contributed by atoms with Crippen LogP contribution in [0.25, 0.3) is 0 Å². The molecule has 2 unspecified atom stereocenters. The van der Waals surface area contributed by atoms with Crippen molar-refractivity contribution in [3.8, 4) is 0 Å². The van der Waals surface area contributed by atoms with E-state index in [0.29, 0.717) is 0 Å². The predicted molar refractivity (Wildman–Crippen MR) is 77.8 cm³/mol. The van der Waals surface area contributed by atoms with E-state index in [1.807, 2.05) is 0 Å². The molecule has 0 heterocycles. The number of halogens is 6. The molecule has 0 saturated carbocycles. The zero-order chi connectivity index (χ0) is 16.9. The molecular formula is C6H10Cl6N4O4. The molecule has 120 valence electrons. The lowest BCUT2D eigenvalue weighted by atomic mass is 10.4. The summed E-state index contributed by atoms with van der Waals surface area (Å²) in [6.45, 7) is 0. The minimum absolute atomic E-state index is 0.125. The van der Waals surface area contributed by atoms with E-state index in [4.69, 9.17) is 80.1 Å². The van der Waals surface area contributed by atoms with Gasteiger partial charge in [0.05, 0.1) is 0 Å². The molecule has 0 aromatic rings. The summed E-state index contributed by atoms with van der Waals surface area (Å²) in [5, 5.41) is 18.9. The first kappa shape index (κ1) is 22.5. The number of hydrogen-bond donors (Lipinski definition) is 5. The summed E-state index contributed by atoms with van der Waals surface area (Å²) in [5.41, 5.74) is 13.3. The van der Waals surface area contributed by atoms with E-state index in [2.05, 4.69) is 11.5 Å². The Balaban J connectivity index is 0. The molecule has 4 amide bonds. The number of primary amides is 3. The van der Waals surface area contributed by atoms with Gasteiger partial charge in [-0.2, -0.15) is 0 Å². The van der Waals surface area contributed by atoms with Crippen LogP contribution < -0.4 is 17.2 Å². The Morgan fingerprint density at radius 1 is 0.850 bits per heavy atom. The quantitative estimate of drug-likeness (QED) is 0.334. The normalized spacial score (nSPS) is 14.6. The van der Waals surface area contributed by atoms with Gasteiger partial charge in [0.1, 0.15) is 0 Å². The summed E-state index contributed by atoms with van der Waals surface area (Å²) in [7, 11) is 0. The van der Waals surface area contributed by atoms with Crippen LogP contribution in [0.5, 0.6) is 0 Å². The Labute approximate surface area is 143 Å². The summed E-state index contributed by atoms with van der Waals surface area (Å²) in [6.07, 6.45) is -4.17. The summed E-state index contributed by atoms with van der Waals surface area (Å²) in [6, 6.07) is -2.17. The number of nitrogens with zero attached hydrogens (tertiary/aromatic N) is 1. The predicted octanol–water partition coefficient (Wildman–Crippen LogP) is 0.768. The zero-order valence-corrected chi connectivity index (χ0v) is 13.8. The maximum atomic E-state index is 11.0. The molecule has 0 spiro atoms. The van der Waals surface area contributed by atoms with Crippen LogP contribution in [0, 0.1) is 0 Å². The van der Waals surface area contributed by atoms with E-state index in [-0.39, 0.29) is 4.90 Å². The number of nitrogens with two attached hydrogens (primary N) is 3. The average Bonchev–Trinajstić information content (AvgIpc) is 2.12. The third-order valence-corrected chi connectivity index (χ3v) is 2.54. The zero-order valence-electron chi connectivity index (χ0n) is 9.31. The summed E-state index contributed by atoms with van der Waals surface area (Å²) >= 11 is 31.8. The molecule has 8 N–H and O–H groups in total. The molecule has 14 heteroatoms. The van der Waals surface area contributed by atoms with E-state index in [9.17, 15) is 15.0 Å². The lowest BCUT2D eigenvalue weighted by molar-refractivity contribution is -0.0632. The first-order chi connectivity index (χ1) is 8.62. The van der Waals surface area contributed by atoms with Crippen molar-refractivity contribution in [2.75, 3.05) is 0 Å². The first-order valence-corrected chi connectivity index (χ1v) is 6.51. The minimum Gasteiger partial charge on any atom is -0.369 e. The third-order valence-electron chi connectivity index (χ3n) is 1.37. The number of aliphatic hydroxyl groups excluding tert-OH is 2. The van der Waals surface area contributed by atoms with Gasteiger partial charge in [-0.05, 0) is 0 Å². The van der Waals surface area contributed by atoms with Gasteiger partial charge in [0.25, 0.3) is 0 Å². The number of rotatable bonds is 2. The SMILES string of the molecule is NC(=O)N(C(O)C(Cl)(Cl)Cl)C(O)C(Cl)(Cl)Cl.NC(N)=O. The van der Waals surface area contributed by atoms with Gasteiger partial charge >= 0.3 is 12.1 Å². The van der Waals surface area contributed by atoms with Crippen molar-refractivity contribution >= 4 is 81.7 Å². The van der Waals surface area contributed by atoms with Crippen molar-refractivity contribution < 1.29 is 19.8 Å². The maximum Gasteiger partial charge on any atom is 0.319 e. The Bertz CT molecular complexity index is 321. The molecule has 0 saturated heterocycles. The molecule has 0 rings (SSSR count). The van der Waals surface area contributed by atoms with Crippen LogP contribution in [0.2, 0.25) is 0 Å². The fourth-order valence-corrected chi connectivity index (χ4v) is 1.32. The average molecular weight is 415 g/mol. The van der Waals surface area contributed by atoms with Gasteiger partial charge < -0.3 is 27.4 Å². The second-order valence-electron chi connectivity index (χ2n) is 2.98. The van der Waals surface area contributed by atoms with E-state index in [0.717, 1.165) is 0 Å². The summed E-state index contributed by atoms with van der Waals surface area (Å²) in [4.78, 5) is 20.1. The highest BCUT2D eigenvalue weighted by Gasteiger charge is 2.46. The molecule has 0 aliphatic rings. The number of urea groups is 2. The van der Waals surface area contributed by atoms with Crippen LogP contribution in [0.1, 0.15) is 0 Å². The largest absolute Gasteiger partial charge is 0.369 e. The molecule has 0 aromatic heterocycles. The Hall–Kier alpha value is 0.200.